The third-order valence-electron chi connectivity index (χ3n) is 2.36. The molecular formula is C10H13N5. The molecule has 5 heteroatoms. The predicted octanol–water partition coefficient (Wildman–Crippen LogP) is 1.02. The first-order chi connectivity index (χ1) is 7.24. The number of hydrogen-bond donors (Lipinski definition) is 1. The molecule has 0 atom stereocenters. The fourth-order valence-electron chi connectivity index (χ4n) is 1.56. The highest BCUT2D eigenvalue weighted by Gasteiger charge is 2.14. The van der Waals surface area contributed by atoms with E-state index in [0.29, 0.717) is 5.82 Å². The van der Waals surface area contributed by atoms with Crippen molar-refractivity contribution in [3.63, 3.8) is 0 Å². The smallest absolute Gasteiger partial charge is 0.125 e. The van der Waals surface area contributed by atoms with E-state index in [1.807, 2.05) is 26.1 Å². The molecule has 2 aromatic rings. The molecular weight excluding hydrogens is 190 g/mol. The molecule has 0 bridgehead atoms. The summed E-state index contributed by atoms with van der Waals surface area (Å²) in [4.78, 5) is 0. The molecule has 0 radical (unpaired) electrons. The van der Waals surface area contributed by atoms with Crippen LogP contribution in [0.15, 0.2) is 18.3 Å². The van der Waals surface area contributed by atoms with Crippen molar-refractivity contribution in [2.45, 2.75) is 13.3 Å². The predicted molar refractivity (Wildman–Crippen MR) is 58.0 cm³/mol. The average molecular weight is 203 g/mol. The third-order valence-corrected chi connectivity index (χ3v) is 2.36. The molecule has 2 aromatic heterocycles. The molecule has 78 valence electrons. The summed E-state index contributed by atoms with van der Waals surface area (Å²) in [5.41, 5.74) is 8.52. The van der Waals surface area contributed by atoms with E-state index in [0.717, 1.165) is 23.4 Å². The molecule has 0 saturated heterocycles. The normalized spacial score (nSPS) is 10.5. The highest BCUT2D eigenvalue weighted by atomic mass is 15.3. The van der Waals surface area contributed by atoms with Crippen LogP contribution in [0.4, 0.5) is 5.82 Å². The quantitative estimate of drug-likeness (QED) is 0.791. The first kappa shape index (κ1) is 9.64. The molecule has 2 N–H and O–H groups in total. The number of hydrogen-bond acceptors (Lipinski definition) is 4. The fourth-order valence-corrected chi connectivity index (χ4v) is 1.56. The maximum Gasteiger partial charge on any atom is 0.125 e. The van der Waals surface area contributed by atoms with Crippen LogP contribution in [0.25, 0.3) is 11.4 Å². The van der Waals surface area contributed by atoms with E-state index in [4.69, 9.17) is 5.73 Å². The lowest BCUT2D eigenvalue weighted by Crippen LogP contribution is -1.98. The van der Waals surface area contributed by atoms with Gasteiger partial charge in [-0.2, -0.15) is 10.2 Å². The van der Waals surface area contributed by atoms with Crippen LogP contribution in [0.5, 0.6) is 0 Å². The average Bonchev–Trinajstić information content (AvgIpc) is 2.56. The van der Waals surface area contributed by atoms with Crippen LogP contribution in [-0.2, 0) is 13.5 Å². The highest BCUT2D eigenvalue weighted by molar-refractivity contribution is 5.64. The molecule has 5 nitrogen and oxygen atoms in total. The molecule has 15 heavy (non-hydrogen) atoms. The van der Waals surface area contributed by atoms with Gasteiger partial charge in [-0.1, -0.05) is 6.92 Å². The van der Waals surface area contributed by atoms with Gasteiger partial charge in [0.05, 0.1) is 0 Å². The summed E-state index contributed by atoms with van der Waals surface area (Å²) in [6.45, 7) is 2.05. The van der Waals surface area contributed by atoms with E-state index in [9.17, 15) is 0 Å². The number of rotatable bonds is 2. The van der Waals surface area contributed by atoms with E-state index in [1.54, 1.807) is 10.9 Å². The first-order valence-corrected chi connectivity index (χ1v) is 4.83. The second-order valence-corrected chi connectivity index (χ2v) is 3.30. The van der Waals surface area contributed by atoms with Crippen LogP contribution in [0.3, 0.4) is 0 Å². The largest absolute Gasteiger partial charge is 0.384 e. The van der Waals surface area contributed by atoms with Gasteiger partial charge in [-0.05, 0) is 18.6 Å². The monoisotopic (exact) mass is 203 g/mol. The van der Waals surface area contributed by atoms with Crippen molar-refractivity contribution in [1.29, 1.82) is 0 Å². The van der Waals surface area contributed by atoms with Gasteiger partial charge in [-0.25, -0.2) is 0 Å². The fraction of sp³-hybridized carbons (Fsp3) is 0.300. The van der Waals surface area contributed by atoms with Gasteiger partial charge in [-0.15, -0.1) is 5.10 Å². The van der Waals surface area contributed by atoms with Crippen LogP contribution < -0.4 is 5.73 Å². The lowest BCUT2D eigenvalue weighted by atomic mass is 10.1. The van der Waals surface area contributed by atoms with Crippen LogP contribution in [0.2, 0.25) is 0 Å². The van der Waals surface area contributed by atoms with Crippen LogP contribution in [0.1, 0.15) is 12.5 Å². The molecule has 0 aliphatic heterocycles. The van der Waals surface area contributed by atoms with E-state index >= 15 is 0 Å². The van der Waals surface area contributed by atoms with Crippen molar-refractivity contribution in [3.05, 3.63) is 23.9 Å². The Morgan fingerprint density at radius 3 is 2.87 bits per heavy atom. The summed E-state index contributed by atoms with van der Waals surface area (Å²) in [6, 6.07) is 3.72. The second-order valence-electron chi connectivity index (χ2n) is 3.30. The van der Waals surface area contributed by atoms with E-state index in [1.165, 1.54) is 0 Å². The van der Waals surface area contributed by atoms with Crippen LogP contribution in [0, 0.1) is 0 Å². The number of nitrogens with zero attached hydrogens (tertiary/aromatic N) is 4. The lowest BCUT2D eigenvalue weighted by Gasteiger charge is -1.98. The molecule has 0 fully saturated rings. The van der Waals surface area contributed by atoms with Gasteiger partial charge >= 0.3 is 0 Å². The standard InChI is InChI=1S/C10H13N5/c1-3-7-9(14-15(2)10(7)11)8-5-4-6-12-13-8/h4-6H,3,11H2,1-2H3. The minimum absolute atomic E-state index is 0.693. The van der Waals surface area contributed by atoms with Gasteiger partial charge in [0.1, 0.15) is 17.2 Å². The Bertz CT molecular complexity index is 460. The third kappa shape index (κ3) is 1.56. The van der Waals surface area contributed by atoms with Crippen molar-refractivity contribution < 1.29 is 0 Å². The topological polar surface area (TPSA) is 69.6 Å². The van der Waals surface area contributed by atoms with Gasteiger partial charge in [0.25, 0.3) is 0 Å². The summed E-state index contributed by atoms with van der Waals surface area (Å²) >= 11 is 0. The molecule has 0 amide bonds. The number of nitrogens with two attached hydrogens (primary N) is 1. The number of aryl methyl sites for hydroxylation is 1. The van der Waals surface area contributed by atoms with Gasteiger partial charge in [0.2, 0.25) is 0 Å². The van der Waals surface area contributed by atoms with E-state index < -0.39 is 0 Å². The van der Waals surface area contributed by atoms with Crippen molar-refractivity contribution in [2.75, 3.05) is 5.73 Å². The number of anilines is 1. The van der Waals surface area contributed by atoms with Crippen LogP contribution >= 0.6 is 0 Å². The summed E-state index contributed by atoms with van der Waals surface area (Å²) < 4.78 is 1.67. The van der Waals surface area contributed by atoms with Gasteiger partial charge in [0.15, 0.2) is 0 Å². The Morgan fingerprint density at radius 1 is 1.47 bits per heavy atom. The Balaban J connectivity index is 2.58. The Hall–Kier alpha value is -1.91. The zero-order chi connectivity index (χ0) is 10.8. The molecule has 0 spiro atoms. The maximum atomic E-state index is 5.90. The summed E-state index contributed by atoms with van der Waals surface area (Å²) in [7, 11) is 1.83. The molecule has 0 aliphatic carbocycles. The SMILES string of the molecule is CCc1c(-c2cccnn2)nn(C)c1N. The number of nitrogen functional groups attached to an aromatic ring is 1. The maximum absolute atomic E-state index is 5.90. The van der Waals surface area contributed by atoms with E-state index in [-0.39, 0.29) is 0 Å². The zero-order valence-corrected chi connectivity index (χ0v) is 8.81. The molecule has 0 aromatic carbocycles. The molecule has 0 aliphatic rings. The summed E-state index contributed by atoms with van der Waals surface area (Å²) in [5.74, 6) is 0.693. The van der Waals surface area contributed by atoms with Gasteiger partial charge in [-0.3, -0.25) is 4.68 Å². The second kappa shape index (κ2) is 3.68. The summed E-state index contributed by atoms with van der Waals surface area (Å²) in [5, 5.41) is 12.2. The number of aromatic nitrogens is 4. The summed E-state index contributed by atoms with van der Waals surface area (Å²) in [6.07, 6.45) is 2.48. The Kier molecular flexibility index (Phi) is 2.37. The lowest BCUT2D eigenvalue weighted by molar-refractivity contribution is 0.779. The van der Waals surface area contributed by atoms with Crippen molar-refractivity contribution in [2.24, 2.45) is 7.05 Å². The first-order valence-electron chi connectivity index (χ1n) is 4.83. The van der Waals surface area contributed by atoms with E-state index in [2.05, 4.69) is 15.3 Å². The van der Waals surface area contributed by atoms with Crippen LogP contribution in [-0.4, -0.2) is 20.0 Å². The minimum Gasteiger partial charge on any atom is -0.384 e. The highest BCUT2D eigenvalue weighted by Crippen LogP contribution is 2.24. The molecule has 2 rings (SSSR count). The Morgan fingerprint density at radius 2 is 2.27 bits per heavy atom. The Labute approximate surface area is 87.9 Å². The van der Waals surface area contributed by atoms with Crippen molar-refractivity contribution in [1.82, 2.24) is 20.0 Å². The van der Waals surface area contributed by atoms with Gasteiger partial charge < -0.3 is 5.73 Å². The zero-order valence-electron chi connectivity index (χ0n) is 8.81. The molecule has 0 saturated carbocycles. The minimum atomic E-state index is 0.693. The van der Waals surface area contributed by atoms with Gasteiger partial charge in [0, 0.05) is 18.8 Å². The van der Waals surface area contributed by atoms with Crippen molar-refractivity contribution in [3.8, 4) is 11.4 Å². The molecule has 0 unspecified atom stereocenters. The molecule has 2 heterocycles. The van der Waals surface area contributed by atoms with Crippen molar-refractivity contribution >= 4 is 5.82 Å².